The molecule has 0 bridgehead atoms. The molecule has 5 nitrogen and oxygen atoms in total. The van der Waals surface area contributed by atoms with Crippen LogP contribution in [0.1, 0.15) is 27.2 Å². The average molecular weight is 495 g/mol. The van der Waals surface area contributed by atoms with Crippen LogP contribution in [0.3, 0.4) is 0 Å². The Labute approximate surface area is 158 Å². The summed E-state index contributed by atoms with van der Waals surface area (Å²) in [5.41, 5.74) is 0.225. The summed E-state index contributed by atoms with van der Waals surface area (Å²) >= 11 is 5.66. The van der Waals surface area contributed by atoms with E-state index in [0.29, 0.717) is 19.5 Å². The van der Waals surface area contributed by atoms with E-state index in [0.717, 1.165) is 13.7 Å². The molecule has 126 valence electrons. The lowest BCUT2D eigenvalue weighted by atomic mass is 10.1. The maximum atomic E-state index is 12.4. The van der Waals surface area contributed by atoms with Crippen molar-refractivity contribution in [2.45, 2.75) is 32.8 Å². The highest BCUT2D eigenvalue weighted by Crippen LogP contribution is 2.25. The van der Waals surface area contributed by atoms with Gasteiger partial charge in [0, 0.05) is 26.8 Å². The van der Waals surface area contributed by atoms with E-state index in [-0.39, 0.29) is 17.9 Å². The molecular weight excluding hydrogens is 475 g/mol. The first-order chi connectivity index (χ1) is 10.7. The lowest BCUT2D eigenvalue weighted by molar-refractivity contribution is -0.119. The minimum absolute atomic E-state index is 0.0656. The molecule has 0 saturated carbocycles. The molecule has 2 rings (SSSR count). The number of hydrogen-bond acceptors (Lipinski definition) is 3. The van der Waals surface area contributed by atoms with Crippen LogP contribution in [0.25, 0.3) is 0 Å². The van der Waals surface area contributed by atoms with E-state index in [9.17, 15) is 9.59 Å². The van der Waals surface area contributed by atoms with Gasteiger partial charge < -0.3 is 15.0 Å². The summed E-state index contributed by atoms with van der Waals surface area (Å²) in [5.74, 6) is -0.273. The molecule has 1 aliphatic rings. The quantitative estimate of drug-likeness (QED) is 0.625. The highest BCUT2D eigenvalue weighted by atomic mass is 127. The van der Waals surface area contributed by atoms with Gasteiger partial charge >= 0.3 is 6.09 Å². The minimum atomic E-state index is -0.523. The lowest BCUT2D eigenvalue weighted by Gasteiger charge is -2.24. The van der Waals surface area contributed by atoms with Gasteiger partial charge in [-0.25, -0.2) is 4.79 Å². The highest BCUT2D eigenvalue weighted by Gasteiger charge is 2.33. The van der Waals surface area contributed by atoms with Crippen molar-refractivity contribution < 1.29 is 14.3 Å². The van der Waals surface area contributed by atoms with Crippen molar-refractivity contribution in [1.82, 2.24) is 4.90 Å². The molecule has 23 heavy (non-hydrogen) atoms. The number of likely N-dealkylation sites (tertiary alicyclic amines) is 1. The smallest absolute Gasteiger partial charge is 0.410 e. The number of hydrogen-bond donors (Lipinski definition) is 1. The molecule has 7 heteroatoms. The van der Waals surface area contributed by atoms with Crippen molar-refractivity contribution in [1.29, 1.82) is 0 Å². The summed E-state index contributed by atoms with van der Waals surface area (Å²) in [7, 11) is 0. The molecule has 0 aliphatic carbocycles. The van der Waals surface area contributed by atoms with Gasteiger partial charge in [0.1, 0.15) is 5.60 Å². The molecule has 0 aromatic heterocycles. The minimum Gasteiger partial charge on any atom is -0.444 e. The third-order valence-electron chi connectivity index (χ3n) is 3.40. The number of carbonyl (C=O) groups is 2. The number of carbonyl (C=O) groups excluding carboxylic acids is 2. The van der Waals surface area contributed by atoms with Gasteiger partial charge in [0.05, 0.1) is 5.92 Å². The zero-order valence-electron chi connectivity index (χ0n) is 13.4. The average Bonchev–Trinajstić information content (AvgIpc) is 2.91. The molecule has 1 heterocycles. The summed E-state index contributed by atoms with van der Waals surface area (Å²) in [5, 5.41) is 2.91. The predicted octanol–water partition coefficient (Wildman–Crippen LogP) is 4.25. The van der Waals surface area contributed by atoms with E-state index in [1.807, 2.05) is 39.0 Å². The molecule has 1 saturated heterocycles. The second-order valence-corrected chi connectivity index (χ2v) is 8.55. The Morgan fingerprint density at radius 2 is 2.09 bits per heavy atom. The van der Waals surface area contributed by atoms with Crippen molar-refractivity contribution in [2.24, 2.45) is 5.92 Å². The third-order valence-corrected chi connectivity index (χ3v) is 5.74. The molecule has 0 radical (unpaired) electrons. The van der Waals surface area contributed by atoms with Gasteiger partial charge in [-0.3, -0.25) is 4.79 Å². The molecular formula is C16H20BrIN2O3. The largest absolute Gasteiger partial charge is 0.444 e. The number of amides is 2. The van der Waals surface area contributed by atoms with Gasteiger partial charge in [-0.05, 0) is 83.9 Å². The van der Waals surface area contributed by atoms with E-state index in [4.69, 9.17) is 4.74 Å². The number of benzene rings is 1. The van der Waals surface area contributed by atoms with Gasteiger partial charge in [-0.2, -0.15) is 0 Å². The van der Waals surface area contributed by atoms with Crippen LogP contribution >= 0.6 is 38.5 Å². The number of nitrogens with one attached hydrogen (secondary N) is 1. The summed E-state index contributed by atoms with van der Waals surface area (Å²) in [4.78, 5) is 26.0. The normalized spacial score (nSPS) is 18.0. The number of nitrogens with zero attached hydrogens (tertiary/aromatic N) is 1. The maximum absolute atomic E-state index is 12.4. The lowest BCUT2D eigenvalue weighted by Crippen LogP contribution is -2.36. The van der Waals surface area contributed by atoms with Gasteiger partial charge in [0.25, 0.3) is 0 Å². The van der Waals surface area contributed by atoms with Crippen LogP contribution in [0, 0.1) is 9.49 Å². The van der Waals surface area contributed by atoms with Crippen LogP contribution in [-0.4, -0.2) is 35.6 Å². The highest BCUT2D eigenvalue weighted by molar-refractivity contribution is 14.1. The summed E-state index contributed by atoms with van der Waals surface area (Å²) < 4.78 is 7.37. The van der Waals surface area contributed by atoms with E-state index in [1.165, 1.54) is 0 Å². The van der Waals surface area contributed by atoms with Crippen LogP contribution < -0.4 is 5.32 Å². The van der Waals surface area contributed by atoms with Crippen molar-refractivity contribution in [3.05, 3.63) is 26.2 Å². The van der Waals surface area contributed by atoms with Crippen LogP contribution in [-0.2, 0) is 9.53 Å². The molecule has 0 spiro atoms. The molecule has 2 amide bonds. The van der Waals surface area contributed by atoms with Crippen molar-refractivity contribution >= 4 is 56.2 Å². The summed E-state index contributed by atoms with van der Waals surface area (Å²) in [6, 6.07) is 5.67. The summed E-state index contributed by atoms with van der Waals surface area (Å²) in [6.45, 7) is 6.44. The number of rotatable bonds is 2. The first-order valence-electron chi connectivity index (χ1n) is 7.39. The zero-order valence-corrected chi connectivity index (χ0v) is 17.1. The Kier molecular flexibility index (Phi) is 5.94. The fourth-order valence-corrected chi connectivity index (χ4v) is 3.00. The SMILES string of the molecule is CC(C)(C)OC(=O)N1CCC(C(=O)Nc2ccc(I)c(Br)c2)C1. The van der Waals surface area contributed by atoms with Crippen molar-refractivity contribution in [2.75, 3.05) is 18.4 Å². The molecule has 1 unspecified atom stereocenters. The molecule has 1 aromatic rings. The molecule has 1 N–H and O–H groups in total. The second kappa shape index (κ2) is 7.38. The third kappa shape index (κ3) is 5.34. The topological polar surface area (TPSA) is 58.6 Å². The fourth-order valence-electron chi connectivity index (χ4n) is 2.28. The molecule has 1 atom stereocenters. The molecule has 1 fully saturated rings. The first-order valence-corrected chi connectivity index (χ1v) is 9.27. The number of anilines is 1. The Morgan fingerprint density at radius 3 is 2.70 bits per heavy atom. The van der Waals surface area contributed by atoms with Gasteiger partial charge in [-0.15, -0.1) is 0 Å². The molecule has 1 aromatic carbocycles. The second-order valence-electron chi connectivity index (χ2n) is 6.53. The van der Waals surface area contributed by atoms with Crippen LogP contribution in [0.2, 0.25) is 0 Å². The van der Waals surface area contributed by atoms with Crippen LogP contribution in [0.4, 0.5) is 10.5 Å². The van der Waals surface area contributed by atoms with E-state index in [2.05, 4.69) is 43.8 Å². The van der Waals surface area contributed by atoms with E-state index < -0.39 is 5.60 Å². The zero-order chi connectivity index (χ0) is 17.2. The fraction of sp³-hybridized carbons (Fsp3) is 0.500. The Bertz CT molecular complexity index is 616. The standard InChI is InChI=1S/C16H20BrIN2O3/c1-16(2,3)23-15(22)20-7-6-10(9-20)14(21)19-11-4-5-13(18)12(17)8-11/h4-5,8,10H,6-7,9H2,1-3H3,(H,19,21). The maximum Gasteiger partial charge on any atom is 0.410 e. The van der Waals surface area contributed by atoms with Gasteiger partial charge in [0.15, 0.2) is 0 Å². The van der Waals surface area contributed by atoms with Crippen molar-refractivity contribution in [3.63, 3.8) is 0 Å². The van der Waals surface area contributed by atoms with Crippen LogP contribution in [0.5, 0.6) is 0 Å². The van der Waals surface area contributed by atoms with E-state index >= 15 is 0 Å². The van der Waals surface area contributed by atoms with Gasteiger partial charge in [-0.1, -0.05) is 0 Å². The monoisotopic (exact) mass is 494 g/mol. The predicted molar refractivity (Wildman–Crippen MR) is 101 cm³/mol. The Balaban J connectivity index is 1.92. The van der Waals surface area contributed by atoms with E-state index in [1.54, 1.807) is 4.90 Å². The van der Waals surface area contributed by atoms with Crippen LogP contribution in [0.15, 0.2) is 22.7 Å². The van der Waals surface area contributed by atoms with Gasteiger partial charge in [0.2, 0.25) is 5.91 Å². The number of halogens is 2. The first kappa shape index (κ1) is 18.5. The summed E-state index contributed by atoms with van der Waals surface area (Å²) in [6.07, 6.45) is 0.293. The number of ether oxygens (including phenoxy) is 1. The van der Waals surface area contributed by atoms with Crippen molar-refractivity contribution in [3.8, 4) is 0 Å². The Morgan fingerprint density at radius 1 is 1.39 bits per heavy atom. The molecule has 1 aliphatic heterocycles. The Hall–Kier alpha value is -0.830.